The molecule has 0 aliphatic rings. The highest BCUT2D eigenvalue weighted by Gasteiger charge is 2.19. The van der Waals surface area contributed by atoms with Crippen LogP contribution in [0.15, 0.2) is 5.38 Å². The fourth-order valence-corrected chi connectivity index (χ4v) is 2.96. The maximum atomic E-state index is 12.1. The molecule has 1 N–H and O–H groups in total. The Bertz CT molecular complexity index is 552. The third kappa shape index (κ3) is 2.85. The molecule has 0 aromatic carbocycles. The monoisotopic (exact) mass is 302 g/mol. The molecule has 2 heterocycles. The van der Waals surface area contributed by atoms with Crippen LogP contribution in [0.4, 0.5) is 5.13 Å². The maximum absolute atomic E-state index is 12.1. The van der Waals surface area contributed by atoms with E-state index in [1.807, 2.05) is 19.2 Å². The van der Waals surface area contributed by atoms with Crippen molar-refractivity contribution in [3.8, 4) is 0 Å². The molecule has 2 aromatic heterocycles. The summed E-state index contributed by atoms with van der Waals surface area (Å²) in [5.74, 6) is 0.287. The number of hydrogen-bond acceptors (Lipinski definition) is 6. The predicted molar refractivity (Wildman–Crippen MR) is 73.6 cm³/mol. The molecular weight excluding hydrogens is 292 g/mol. The molecule has 0 aliphatic heterocycles. The lowest BCUT2D eigenvalue weighted by molar-refractivity contribution is 0.102. The smallest absolute Gasteiger partial charge is 0.271 e. The molecule has 1 amide bonds. The molecule has 0 atom stereocenters. The second kappa shape index (κ2) is 5.73. The zero-order valence-electron chi connectivity index (χ0n) is 9.81. The van der Waals surface area contributed by atoms with Crippen molar-refractivity contribution in [2.45, 2.75) is 25.6 Å². The molecule has 2 rings (SSSR count). The van der Waals surface area contributed by atoms with Gasteiger partial charge in [-0.2, -0.15) is 0 Å². The number of alkyl halides is 1. The first-order chi connectivity index (χ1) is 8.61. The lowest BCUT2D eigenvalue weighted by Gasteiger charge is -2.03. The van der Waals surface area contributed by atoms with Crippen LogP contribution in [0.1, 0.15) is 40.8 Å². The summed E-state index contributed by atoms with van der Waals surface area (Å²) in [5.41, 5.74) is 1.47. The van der Waals surface area contributed by atoms with Crippen molar-refractivity contribution in [1.82, 2.24) is 14.6 Å². The number of amides is 1. The van der Waals surface area contributed by atoms with E-state index in [-0.39, 0.29) is 11.8 Å². The summed E-state index contributed by atoms with van der Waals surface area (Å²) in [6, 6.07) is 0. The molecule has 0 spiro atoms. The van der Waals surface area contributed by atoms with E-state index in [4.69, 9.17) is 11.6 Å². The van der Waals surface area contributed by atoms with Gasteiger partial charge in [-0.1, -0.05) is 18.3 Å². The van der Waals surface area contributed by atoms with Gasteiger partial charge < -0.3 is 0 Å². The number of hydrogen-bond donors (Lipinski definition) is 1. The summed E-state index contributed by atoms with van der Waals surface area (Å²) < 4.78 is 3.82. The van der Waals surface area contributed by atoms with Gasteiger partial charge in [0.25, 0.3) is 5.91 Å². The van der Waals surface area contributed by atoms with E-state index < -0.39 is 0 Å². The largest absolute Gasteiger partial charge is 0.297 e. The number of carbonyl (C=O) groups excluding carboxylic acids is 1. The van der Waals surface area contributed by atoms with Gasteiger partial charge >= 0.3 is 0 Å². The van der Waals surface area contributed by atoms with Gasteiger partial charge in [-0.3, -0.25) is 10.1 Å². The minimum absolute atomic E-state index is 0.166. The molecular formula is C10H11ClN4OS2. The molecule has 0 radical (unpaired) electrons. The van der Waals surface area contributed by atoms with Crippen molar-refractivity contribution in [3.63, 3.8) is 0 Å². The number of aromatic nitrogens is 3. The standard InChI is InChI=1S/C10H11ClN4OS2/c1-5(2)7-8(18-15-14-7)9(16)13-10-12-6(3-11)4-17-10/h4-5H,3H2,1-2H3,(H,12,13,16). The van der Waals surface area contributed by atoms with Crippen molar-refractivity contribution in [2.75, 3.05) is 5.32 Å². The van der Waals surface area contributed by atoms with Crippen LogP contribution in [0.5, 0.6) is 0 Å². The number of nitrogens with zero attached hydrogens (tertiary/aromatic N) is 3. The van der Waals surface area contributed by atoms with Crippen LogP contribution in [-0.2, 0) is 5.88 Å². The first kappa shape index (κ1) is 13.4. The highest BCUT2D eigenvalue weighted by Crippen LogP contribution is 2.22. The number of halogens is 1. The van der Waals surface area contributed by atoms with E-state index in [1.165, 1.54) is 11.3 Å². The van der Waals surface area contributed by atoms with Crippen LogP contribution in [0.25, 0.3) is 0 Å². The Balaban J connectivity index is 2.14. The van der Waals surface area contributed by atoms with Crippen LogP contribution in [0.3, 0.4) is 0 Å². The van der Waals surface area contributed by atoms with Crippen molar-refractivity contribution in [2.24, 2.45) is 0 Å². The van der Waals surface area contributed by atoms with E-state index in [2.05, 4.69) is 19.9 Å². The summed E-state index contributed by atoms with van der Waals surface area (Å²) in [7, 11) is 0. The fraction of sp³-hybridized carbons (Fsp3) is 0.400. The molecule has 8 heteroatoms. The second-order valence-corrected chi connectivity index (χ2v) is 5.75. The van der Waals surface area contributed by atoms with Gasteiger partial charge in [0.05, 0.1) is 17.3 Å². The minimum atomic E-state index is -0.218. The zero-order chi connectivity index (χ0) is 13.1. The van der Waals surface area contributed by atoms with Crippen LogP contribution < -0.4 is 5.32 Å². The molecule has 0 fully saturated rings. The van der Waals surface area contributed by atoms with Gasteiger partial charge in [0.15, 0.2) is 5.13 Å². The molecule has 0 saturated heterocycles. The van der Waals surface area contributed by atoms with Gasteiger partial charge in [0.2, 0.25) is 0 Å². The molecule has 5 nitrogen and oxygen atoms in total. The number of nitrogens with one attached hydrogen (secondary N) is 1. The van der Waals surface area contributed by atoms with E-state index >= 15 is 0 Å². The molecule has 0 aliphatic carbocycles. The predicted octanol–water partition coefficient (Wildman–Crippen LogP) is 3.11. The van der Waals surface area contributed by atoms with Crippen molar-refractivity contribution >= 4 is 45.5 Å². The number of thiazole rings is 1. The van der Waals surface area contributed by atoms with Crippen molar-refractivity contribution in [3.05, 3.63) is 21.6 Å². The molecule has 0 unspecified atom stereocenters. The summed E-state index contributed by atoms with van der Waals surface area (Å²) in [5, 5.41) is 9.06. The highest BCUT2D eigenvalue weighted by molar-refractivity contribution is 7.14. The van der Waals surface area contributed by atoms with Crippen LogP contribution in [0, 0.1) is 0 Å². The van der Waals surface area contributed by atoms with E-state index in [1.54, 1.807) is 0 Å². The average molecular weight is 303 g/mol. The van der Waals surface area contributed by atoms with E-state index in [0.29, 0.717) is 21.6 Å². The second-order valence-electron chi connectivity index (χ2n) is 3.87. The maximum Gasteiger partial charge on any atom is 0.271 e. The zero-order valence-corrected chi connectivity index (χ0v) is 12.2. The fourth-order valence-electron chi connectivity index (χ4n) is 1.31. The summed E-state index contributed by atoms with van der Waals surface area (Å²) in [6.45, 7) is 3.95. The number of carbonyl (C=O) groups is 1. The highest BCUT2D eigenvalue weighted by atomic mass is 35.5. The van der Waals surface area contributed by atoms with Crippen LogP contribution in [-0.4, -0.2) is 20.5 Å². The quantitative estimate of drug-likeness (QED) is 0.881. The Labute approximate surface area is 117 Å². The van der Waals surface area contributed by atoms with Crippen LogP contribution in [0.2, 0.25) is 0 Å². The molecule has 96 valence electrons. The topological polar surface area (TPSA) is 67.8 Å². The van der Waals surface area contributed by atoms with E-state index in [9.17, 15) is 4.79 Å². The Hall–Kier alpha value is -1.05. The number of anilines is 1. The summed E-state index contributed by atoms with van der Waals surface area (Å²) >= 11 is 8.10. The lowest BCUT2D eigenvalue weighted by atomic mass is 10.1. The van der Waals surface area contributed by atoms with Crippen molar-refractivity contribution < 1.29 is 4.79 Å². The SMILES string of the molecule is CC(C)c1nnsc1C(=O)Nc1nc(CCl)cs1. The van der Waals surface area contributed by atoms with Gasteiger partial charge in [-0.05, 0) is 17.5 Å². The third-order valence-corrected chi connectivity index (χ3v) is 4.00. The van der Waals surface area contributed by atoms with Crippen LogP contribution >= 0.6 is 34.5 Å². The molecule has 18 heavy (non-hydrogen) atoms. The molecule has 0 bridgehead atoms. The van der Waals surface area contributed by atoms with Gasteiger partial charge in [-0.15, -0.1) is 28.0 Å². The van der Waals surface area contributed by atoms with Crippen molar-refractivity contribution in [1.29, 1.82) is 0 Å². The molecule has 2 aromatic rings. The van der Waals surface area contributed by atoms with Gasteiger partial charge in [-0.25, -0.2) is 4.98 Å². The average Bonchev–Trinajstić information content (AvgIpc) is 2.96. The Kier molecular flexibility index (Phi) is 4.26. The van der Waals surface area contributed by atoms with Gasteiger partial charge in [0.1, 0.15) is 4.88 Å². The van der Waals surface area contributed by atoms with Gasteiger partial charge in [0, 0.05) is 5.38 Å². The number of rotatable bonds is 4. The lowest BCUT2D eigenvalue weighted by Crippen LogP contribution is -2.12. The first-order valence-electron chi connectivity index (χ1n) is 5.25. The Morgan fingerprint density at radius 2 is 2.33 bits per heavy atom. The minimum Gasteiger partial charge on any atom is -0.297 e. The Morgan fingerprint density at radius 3 is 2.94 bits per heavy atom. The normalized spacial score (nSPS) is 10.9. The summed E-state index contributed by atoms with van der Waals surface area (Å²) in [6.07, 6.45) is 0. The summed E-state index contributed by atoms with van der Waals surface area (Å²) in [4.78, 5) is 16.8. The molecule has 0 saturated carbocycles. The van der Waals surface area contributed by atoms with E-state index in [0.717, 1.165) is 17.2 Å². The first-order valence-corrected chi connectivity index (χ1v) is 7.44. The third-order valence-electron chi connectivity index (χ3n) is 2.18. The Morgan fingerprint density at radius 1 is 1.56 bits per heavy atom.